The maximum absolute atomic E-state index is 14.5. The van der Waals surface area contributed by atoms with Crippen molar-refractivity contribution in [3.8, 4) is 23.0 Å². The Bertz CT molecular complexity index is 3220. The molecular formula is C50H41F5N10O6. The van der Waals surface area contributed by atoms with Crippen molar-refractivity contribution >= 4 is 68.5 Å². The minimum atomic E-state index is -1.09. The molecule has 2 saturated heterocycles. The number of anilines is 6. The van der Waals surface area contributed by atoms with Crippen LogP contribution < -0.4 is 40.5 Å². The van der Waals surface area contributed by atoms with Crippen molar-refractivity contribution < 1.29 is 50.5 Å². The number of morpholine rings is 2. The molecule has 71 heavy (non-hydrogen) atoms. The first kappa shape index (κ1) is 47.4. The van der Waals surface area contributed by atoms with E-state index in [4.69, 9.17) is 18.9 Å². The number of halogens is 5. The second-order valence-electron chi connectivity index (χ2n) is 15.7. The molecule has 21 heteroatoms. The van der Waals surface area contributed by atoms with E-state index >= 15 is 0 Å². The summed E-state index contributed by atoms with van der Waals surface area (Å²) in [6, 6.07) is 24.9. The molecule has 6 aromatic carbocycles. The highest BCUT2D eigenvalue weighted by atomic mass is 19.2. The summed E-state index contributed by atoms with van der Waals surface area (Å²) < 4.78 is 90.6. The van der Waals surface area contributed by atoms with Crippen LogP contribution in [-0.4, -0.2) is 84.6 Å². The molecular weight excluding hydrogens is 932 g/mol. The topological polar surface area (TPSA) is 177 Å². The Hall–Kier alpha value is -8.69. The third kappa shape index (κ3) is 12.3. The van der Waals surface area contributed by atoms with Crippen LogP contribution in [0.5, 0.6) is 23.0 Å². The first-order chi connectivity index (χ1) is 34.5. The first-order valence-electron chi connectivity index (χ1n) is 22.0. The smallest absolute Gasteiger partial charge is 0.323 e. The number of nitrogens with one attached hydrogen (secondary N) is 4. The van der Waals surface area contributed by atoms with Gasteiger partial charge in [-0.15, -0.1) is 0 Å². The fourth-order valence-electron chi connectivity index (χ4n) is 7.25. The number of carbonyl (C=O) groups is 2. The number of hydrogen-bond acceptors (Lipinski definition) is 12. The predicted octanol–water partition coefficient (Wildman–Crippen LogP) is 10.5. The van der Waals surface area contributed by atoms with Crippen molar-refractivity contribution in [2.45, 2.75) is 0 Å². The number of ether oxygens (including phenoxy) is 4. The van der Waals surface area contributed by atoms with Gasteiger partial charge in [-0.05, 0) is 84.9 Å². The lowest BCUT2D eigenvalue weighted by atomic mass is 10.2. The molecule has 0 atom stereocenters. The van der Waals surface area contributed by atoms with Crippen LogP contribution in [0.3, 0.4) is 0 Å². The molecule has 2 aromatic heterocycles. The van der Waals surface area contributed by atoms with Gasteiger partial charge in [-0.3, -0.25) is 9.97 Å². The predicted molar refractivity (Wildman–Crippen MR) is 256 cm³/mol. The van der Waals surface area contributed by atoms with E-state index in [0.29, 0.717) is 90.3 Å². The molecule has 0 radical (unpaired) electrons. The third-order valence-corrected chi connectivity index (χ3v) is 10.8. The molecule has 4 N–H and O–H groups in total. The van der Waals surface area contributed by atoms with E-state index in [1.807, 2.05) is 0 Å². The third-order valence-electron chi connectivity index (χ3n) is 10.8. The summed E-state index contributed by atoms with van der Waals surface area (Å²) in [4.78, 5) is 46.9. The average Bonchev–Trinajstić information content (AvgIpc) is 3.38. The van der Waals surface area contributed by atoms with Crippen molar-refractivity contribution in [2.24, 2.45) is 0 Å². The molecule has 10 rings (SSSR count). The number of fused-ring (bicyclic) bond motifs is 2. The van der Waals surface area contributed by atoms with E-state index in [9.17, 15) is 31.5 Å². The maximum Gasteiger partial charge on any atom is 0.323 e. The second-order valence-corrected chi connectivity index (χ2v) is 15.7. The van der Waals surface area contributed by atoms with Crippen LogP contribution in [-0.2, 0) is 9.47 Å². The summed E-state index contributed by atoms with van der Waals surface area (Å²) in [6.45, 7) is 5.39. The summed E-state index contributed by atoms with van der Waals surface area (Å²) >= 11 is 0. The summed E-state index contributed by atoms with van der Waals surface area (Å²) in [6.07, 6.45) is 3.42. The highest BCUT2D eigenvalue weighted by molar-refractivity contribution is 6.00. The van der Waals surface area contributed by atoms with Crippen LogP contribution in [0, 0.1) is 29.1 Å². The highest BCUT2D eigenvalue weighted by Crippen LogP contribution is 2.32. The van der Waals surface area contributed by atoms with E-state index in [2.05, 4.69) is 51.0 Å². The Morgan fingerprint density at radius 1 is 0.451 bits per heavy atom. The van der Waals surface area contributed by atoms with Gasteiger partial charge in [-0.25, -0.2) is 41.5 Å². The first-order valence-corrected chi connectivity index (χ1v) is 22.0. The lowest BCUT2D eigenvalue weighted by Gasteiger charge is -2.27. The number of benzene rings is 6. The quantitative estimate of drug-likeness (QED) is 0.0956. The Kier molecular flexibility index (Phi) is 14.5. The van der Waals surface area contributed by atoms with Crippen LogP contribution in [0.4, 0.5) is 65.9 Å². The minimum Gasteiger partial charge on any atom is -0.454 e. The normalized spacial score (nSPS) is 13.5. The van der Waals surface area contributed by atoms with Gasteiger partial charge in [0.2, 0.25) is 0 Å². The van der Waals surface area contributed by atoms with Gasteiger partial charge in [0.15, 0.2) is 34.8 Å². The van der Waals surface area contributed by atoms with Crippen molar-refractivity contribution in [2.75, 3.05) is 83.7 Å². The van der Waals surface area contributed by atoms with Gasteiger partial charge < -0.3 is 50.0 Å². The number of hydrogen-bond donors (Lipinski definition) is 4. The monoisotopic (exact) mass is 972 g/mol. The molecule has 2 aliphatic heterocycles. The van der Waals surface area contributed by atoms with Gasteiger partial charge in [0.1, 0.15) is 29.0 Å². The van der Waals surface area contributed by atoms with Gasteiger partial charge in [0.05, 0.1) is 60.9 Å². The largest absolute Gasteiger partial charge is 0.454 e. The number of rotatable bonds is 10. The Labute approximate surface area is 401 Å². The van der Waals surface area contributed by atoms with Crippen molar-refractivity contribution in [3.05, 3.63) is 157 Å². The Morgan fingerprint density at radius 3 is 1.31 bits per heavy atom. The number of amides is 4. The van der Waals surface area contributed by atoms with Gasteiger partial charge in [-0.1, -0.05) is 0 Å². The molecule has 0 spiro atoms. The van der Waals surface area contributed by atoms with Crippen molar-refractivity contribution in [1.29, 1.82) is 0 Å². The highest BCUT2D eigenvalue weighted by Gasteiger charge is 2.17. The standard InChI is InChI=1S/C25H20F3N5O3.C25H21F2N5O3/c26-18-4-1-15(11-20(18)28)30-25(34)31-16-2-5-19(27)23(12-16)36-17-3-6-21-22(13-17)32-24(14-29-21)33-7-9-35-10-8-33;26-16-1-3-17(4-2-16)29-25(33)30-18-5-7-20(27)23(13-18)35-19-6-8-21-22(14-19)31-24(15-28-21)32-9-11-34-12-10-32/h1-6,11-14H,7-10H2,(H2,30,31,34);1-8,13-15H,9-12H2,(H2,29,30,33). The van der Waals surface area contributed by atoms with Crippen molar-refractivity contribution in [1.82, 2.24) is 19.9 Å². The number of carbonyl (C=O) groups excluding carboxylic acids is 2. The Morgan fingerprint density at radius 2 is 0.859 bits per heavy atom. The molecule has 2 fully saturated rings. The summed E-state index contributed by atoms with van der Waals surface area (Å²) in [5.41, 5.74) is 3.54. The van der Waals surface area contributed by atoms with E-state index in [1.54, 1.807) is 48.8 Å². The van der Waals surface area contributed by atoms with Crippen LogP contribution in [0.15, 0.2) is 128 Å². The fraction of sp³-hybridized carbons (Fsp3) is 0.160. The van der Waals surface area contributed by atoms with Crippen LogP contribution in [0.2, 0.25) is 0 Å². The molecule has 8 aromatic rings. The minimum absolute atomic E-state index is 0.0544. The van der Waals surface area contributed by atoms with E-state index < -0.39 is 41.1 Å². The summed E-state index contributed by atoms with van der Waals surface area (Å²) in [5.74, 6) is -1.81. The van der Waals surface area contributed by atoms with E-state index in [-0.39, 0.29) is 22.9 Å². The van der Waals surface area contributed by atoms with E-state index in [0.717, 1.165) is 37.1 Å². The summed E-state index contributed by atoms with van der Waals surface area (Å²) in [5, 5.41) is 10.1. The van der Waals surface area contributed by atoms with Gasteiger partial charge in [-0.2, -0.15) is 0 Å². The van der Waals surface area contributed by atoms with Gasteiger partial charge >= 0.3 is 12.1 Å². The zero-order valence-electron chi connectivity index (χ0n) is 37.3. The fourth-order valence-corrected chi connectivity index (χ4v) is 7.25. The number of aromatic nitrogens is 4. The maximum atomic E-state index is 14.5. The average molecular weight is 973 g/mol. The zero-order chi connectivity index (χ0) is 49.3. The molecule has 16 nitrogen and oxygen atoms in total. The summed E-state index contributed by atoms with van der Waals surface area (Å²) in [7, 11) is 0. The van der Waals surface area contributed by atoms with Gasteiger partial charge in [0, 0.05) is 79.3 Å². The molecule has 0 unspecified atom stereocenters. The molecule has 4 heterocycles. The molecule has 0 bridgehead atoms. The van der Waals surface area contributed by atoms with Crippen molar-refractivity contribution in [3.63, 3.8) is 0 Å². The molecule has 2 aliphatic rings. The zero-order valence-corrected chi connectivity index (χ0v) is 37.3. The lowest BCUT2D eigenvalue weighted by molar-refractivity contribution is 0.122. The second kappa shape index (κ2) is 21.7. The SMILES string of the molecule is O=C(Nc1ccc(F)c(F)c1)Nc1ccc(F)c(Oc2ccc3ncc(N4CCOCC4)nc3c2)c1.O=C(Nc1ccc(F)cc1)Nc1ccc(F)c(Oc2ccc3ncc(N4CCOCC4)nc3c2)c1. The van der Waals surface area contributed by atoms with Gasteiger partial charge in [0.25, 0.3) is 0 Å². The van der Waals surface area contributed by atoms with E-state index in [1.165, 1.54) is 60.7 Å². The molecule has 4 amide bonds. The molecule has 0 saturated carbocycles. The van der Waals surface area contributed by atoms with Crippen LogP contribution >= 0.6 is 0 Å². The lowest BCUT2D eigenvalue weighted by Crippen LogP contribution is -2.36. The van der Waals surface area contributed by atoms with Crippen LogP contribution in [0.1, 0.15) is 0 Å². The number of urea groups is 2. The van der Waals surface area contributed by atoms with Crippen LogP contribution in [0.25, 0.3) is 22.1 Å². The molecule has 0 aliphatic carbocycles. The Balaban J connectivity index is 0.000000176. The molecule has 362 valence electrons. The number of nitrogens with zero attached hydrogens (tertiary/aromatic N) is 6.